The highest BCUT2D eigenvalue weighted by molar-refractivity contribution is 5.75. The highest BCUT2D eigenvalue weighted by atomic mass is 16.5. The smallest absolute Gasteiger partial charge is 0.311 e. The van der Waals surface area contributed by atoms with E-state index in [2.05, 4.69) is 4.74 Å². The average Bonchev–Trinajstić information content (AvgIpc) is 2.35. The molecule has 0 aliphatic rings. The Bertz CT molecular complexity index is 259. The standard InChI is InChI=1S/C14H26O4/c1-14(2,13(16)18-4)11-9-7-5-6-8-10-12(15)17-3/h5-11H2,1-4H3. The molecule has 18 heavy (non-hydrogen) atoms. The lowest BCUT2D eigenvalue weighted by Crippen LogP contribution is -2.25. The van der Waals surface area contributed by atoms with Gasteiger partial charge in [0.2, 0.25) is 0 Å². The van der Waals surface area contributed by atoms with Gasteiger partial charge in [0.15, 0.2) is 0 Å². The Morgan fingerprint density at radius 1 is 0.889 bits per heavy atom. The molecule has 0 amide bonds. The van der Waals surface area contributed by atoms with Crippen molar-refractivity contribution in [2.75, 3.05) is 14.2 Å². The van der Waals surface area contributed by atoms with Crippen molar-refractivity contribution in [3.8, 4) is 0 Å². The molecule has 106 valence electrons. The van der Waals surface area contributed by atoms with Crippen LogP contribution in [0.2, 0.25) is 0 Å². The van der Waals surface area contributed by atoms with Gasteiger partial charge in [0.1, 0.15) is 0 Å². The van der Waals surface area contributed by atoms with Crippen molar-refractivity contribution < 1.29 is 19.1 Å². The molecule has 4 nitrogen and oxygen atoms in total. The first-order chi connectivity index (χ1) is 8.44. The van der Waals surface area contributed by atoms with Gasteiger partial charge in [0.25, 0.3) is 0 Å². The molecule has 0 N–H and O–H groups in total. The van der Waals surface area contributed by atoms with E-state index >= 15 is 0 Å². The summed E-state index contributed by atoms with van der Waals surface area (Å²) in [5.74, 6) is -0.282. The SMILES string of the molecule is COC(=O)CCCCCCCC(C)(C)C(=O)OC. The molecule has 0 aliphatic heterocycles. The molecule has 0 spiro atoms. The molecule has 0 aromatic rings. The molecule has 0 fully saturated rings. The molecule has 0 radical (unpaired) electrons. The van der Waals surface area contributed by atoms with Crippen molar-refractivity contribution >= 4 is 11.9 Å². The number of unbranched alkanes of at least 4 members (excludes halogenated alkanes) is 4. The van der Waals surface area contributed by atoms with E-state index in [9.17, 15) is 9.59 Å². The van der Waals surface area contributed by atoms with Gasteiger partial charge in [-0.1, -0.05) is 25.7 Å². The zero-order chi connectivity index (χ0) is 14.0. The van der Waals surface area contributed by atoms with E-state index in [-0.39, 0.29) is 17.4 Å². The van der Waals surface area contributed by atoms with Gasteiger partial charge in [0, 0.05) is 6.42 Å². The molecule has 0 bridgehead atoms. The summed E-state index contributed by atoms with van der Waals surface area (Å²) >= 11 is 0. The van der Waals surface area contributed by atoms with Gasteiger partial charge < -0.3 is 9.47 Å². The van der Waals surface area contributed by atoms with Gasteiger partial charge in [-0.15, -0.1) is 0 Å². The fourth-order valence-corrected chi connectivity index (χ4v) is 1.85. The average molecular weight is 258 g/mol. The van der Waals surface area contributed by atoms with Crippen LogP contribution in [0.3, 0.4) is 0 Å². The molecular formula is C14H26O4. The normalized spacial score (nSPS) is 11.1. The Kier molecular flexibility index (Phi) is 8.42. The number of hydrogen-bond donors (Lipinski definition) is 0. The maximum Gasteiger partial charge on any atom is 0.311 e. The van der Waals surface area contributed by atoms with E-state index in [1.807, 2.05) is 13.8 Å². The molecular weight excluding hydrogens is 232 g/mol. The van der Waals surface area contributed by atoms with Crippen LogP contribution in [-0.2, 0) is 19.1 Å². The summed E-state index contributed by atoms with van der Waals surface area (Å²) in [5.41, 5.74) is -0.388. The van der Waals surface area contributed by atoms with Crippen LogP contribution in [0.25, 0.3) is 0 Å². The van der Waals surface area contributed by atoms with E-state index in [0.717, 1.165) is 38.5 Å². The van der Waals surface area contributed by atoms with Crippen LogP contribution in [0.4, 0.5) is 0 Å². The minimum atomic E-state index is -0.388. The third-order valence-electron chi connectivity index (χ3n) is 3.15. The highest BCUT2D eigenvalue weighted by Gasteiger charge is 2.27. The lowest BCUT2D eigenvalue weighted by molar-refractivity contribution is -0.151. The minimum absolute atomic E-state index is 0.137. The Hall–Kier alpha value is -1.06. The van der Waals surface area contributed by atoms with Crippen molar-refractivity contribution in [1.29, 1.82) is 0 Å². The first kappa shape index (κ1) is 16.9. The monoisotopic (exact) mass is 258 g/mol. The summed E-state index contributed by atoms with van der Waals surface area (Å²) in [7, 11) is 2.84. The van der Waals surface area contributed by atoms with Crippen LogP contribution in [-0.4, -0.2) is 26.2 Å². The van der Waals surface area contributed by atoms with Crippen molar-refractivity contribution in [3.63, 3.8) is 0 Å². The summed E-state index contributed by atoms with van der Waals surface area (Å²) in [6, 6.07) is 0. The van der Waals surface area contributed by atoms with Crippen LogP contribution in [0, 0.1) is 5.41 Å². The van der Waals surface area contributed by atoms with Crippen LogP contribution < -0.4 is 0 Å². The molecule has 0 aromatic carbocycles. The predicted molar refractivity (Wildman–Crippen MR) is 70.1 cm³/mol. The Labute approximate surface area is 110 Å². The van der Waals surface area contributed by atoms with E-state index in [4.69, 9.17) is 4.74 Å². The third kappa shape index (κ3) is 7.30. The second-order valence-corrected chi connectivity index (χ2v) is 5.22. The highest BCUT2D eigenvalue weighted by Crippen LogP contribution is 2.25. The zero-order valence-electron chi connectivity index (χ0n) is 12.1. The number of hydrogen-bond acceptors (Lipinski definition) is 4. The molecule has 0 saturated carbocycles. The van der Waals surface area contributed by atoms with Crippen LogP contribution in [0.5, 0.6) is 0 Å². The van der Waals surface area contributed by atoms with Crippen LogP contribution >= 0.6 is 0 Å². The first-order valence-electron chi connectivity index (χ1n) is 6.59. The van der Waals surface area contributed by atoms with Crippen molar-refractivity contribution in [1.82, 2.24) is 0 Å². The molecule has 0 aliphatic carbocycles. The third-order valence-corrected chi connectivity index (χ3v) is 3.15. The quantitative estimate of drug-likeness (QED) is 0.471. The Balaban J connectivity index is 3.51. The number of esters is 2. The Morgan fingerprint density at radius 2 is 1.44 bits per heavy atom. The molecule has 0 aromatic heterocycles. The molecule has 0 rings (SSSR count). The summed E-state index contributed by atoms with van der Waals surface area (Å²) in [6.07, 6.45) is 6.46. The van der Waals surface area contributed by atoms with Crippen molar-refractivity contribution in [2.24, 2.45) is 5.41 Å². The second kappa shape index (κ2) is 8.95. The number of rotatable bonds is 9. The number of methoxy groups -OCH3 is 2. The molecule has 0 saturated heterocycles. The summed E-state index contributed by atoms with van der Waals surface area (Å²) < 4.78 is 9.33. The maximum atomic E-state index is 11.4. The Morgan fingerprint density at radius 3 is 2.00 bits per heavy atom. The van der Waals surface area contributed by atoms with E-state index in [1.54, 1.807) is 0 Å². The van der Waals surface area contributed by atoms with Crippen molar-refractivity contribution in [3.05, 3.63) is 0 Å². The van der Waals surface area contributed by atoms with Crippen LogP contribution in [0.15, 0.2) is 0 Å². The van der Waals surface area contributed by atoms with Gasteiger partial charge in [-0.2, -0.15) is 0 Å². The van der Waals surface area contributed by atoms with Gasteiger partial charge in [-0.3, -0.25) is 9.59 Å². The van der Waals surface area contributed by atoms with Crippen LogP contribution in [0.1, 0.15) is 58.8 Å². The molecule has 0 unspecified atom stereocenters. The predicted octanol–water partition coefficient (Wildman–Crippen LogP) is 3.09. The summed E-state index contributed by atoms with van der Waals surface area (Å²) in [5, 5.41) is 0. The van der Waals surface area contributed by atoms with Gasteiger partial charge in [0.05, 0.1) is 19.6 Å². The lowest BCUT2D eigenvalue weighted by Gasteiger charge is -2.20. The zero-order valence-corrected chi connectivity index (χ0v) is 12.1. The van der Waals surface area contributed by atoms with E-state index in [0.29, 0.717) is 6.42 Å². The maximum absolute atomic E-state index is 11.4. The topological polar surface area (TPSA) is 52.6 Å². The second-order valence-electron chi connectivity index (χ2n) is 5.22. The molecule has 0 atom stereocenters. The lowest BCUT2D eigenvalue weighted by atomic mass is 9.87. The number of carbonyl (C=O) groups excluding carboxylic acids is 2. The van der Waals surface area contributed by atoms with Gasteiger partial charge in [-0.25, -0.2) is 0 Å². The van der Waals surface area contributed by atoms with E-state index < -0.39 is 0 Å². The minimum Gasteiger partial charge on any atom is -0.469 e. The number of carbonyl (C=O) groups is 2. The van der Waals surface area contributed by atoms with Gasteiger partial charge >= 0.3 is 11.9 Å². The largest absolute Gasteiger partial charge is 0.469 e. The van der Waals surface area contributed by atoms with Gasteiger partial charge in [-0.05, 0) is 26.7 Å². The summed E-state index contributed by atoms with van der Waals surface area (Å²) in [4.78, 5) is 22.3. The molecule has 0 heterocycles. The number of ether oxygens (including phenoxy) is 2. The van der Waals surface area contributed by atoms with E-state index in [1.165, 1.54) is 14.2 Å². The fourth-order valence-electron chi connectivity index (χ4n) is 1.85. The fraction of sp³-hybridized carbons (Fsp3) is 0.857. The first-order valence-corrected chi connectivity index (χ1v) is 6.59. The summed E-state index contributed by atoms with van der Waals surface area (Å²) in [6.45, 7) is 3.83. The molecule has 4 heteroatoms. The van der Waals surface area contributed by atoms with Crippen molar-refractivity contribution in [2.45, 2.75) is 58.8 Å².